The molecule has 0 aliphatic heterocycles. The second-order valence-corrected chi connectivity index (χ2v) is 13.7. The van der Waals surface area contributed by atoms with Gasteiger partial charge in [-0.3, -0.25) is 4.90 Å². The van der Waals surface area contributed by atoms with Crippen LogP contribution in [0.1, 0.15) is 11.1 Å². The smallest absolute Gasteiger partial charge is 0.744 e. The SMILES string of the molecule is O=S(=O)([O-])c1cccc(C=Cc2ccccc2)c1S(=O)(=O)[O-].[Na+].[Na+].c1ccc(-c2ccccc2)cc1.c1ccc(N(c2ccccc2)c2ccnnn2)cc1. The molecule has 0 fully saturated rings. The van der Waals surface area contributed by atoms with Crippen molar-refractivity contribution in [2.75, 3.05) is 4.90 Å². The summed E-state index contributed by atoms with van der Waals surface area (Å²) in [5, 5.41) is 11.5. The van der Waals surface area contributed by atoms with Crippen molar-refractivity contribution >= 4 is 49.6 Å². The molecule has 0 radical (unpaired) electrons. The monoisotopic (exact) mass is 786 g/mol. The van der Waals surface area contributed by atoms with E-state index in [-0.39, 0.29) is 64.7 Å². The van der Waals surface area contributed by atoms with Crippen LogP contribution in [0.5, 0.6) is 0 Å². The number of anilines is 3. The molecule has 10 nitrogen and oxygen atoms in total. The zero-order valence-corrected chi connectivity index (χ0v) is 35.7. The number of hydrogen-bond acceptors (Lipinski definition) is 10. The molecule has 0 atom stereocenters. The molecule has 6 aromatic carbocycles. The minimum atomic E-state index is -5.13. The van der Waals surface area contributed by atoms with Crippen molar-refractivity contribution in [2.45, 2.75) is 9.79 Å². The van der Waals surface area contributed by atoms with Crippen LogP contribution in [0.25, 0.3) is 23.3 Å². The molecule has 0 aliphatic carbocycles. The molecule has 0 unspecified atom stereocenters. The molecule has 0 amide bonds. The van der Waals surface area contributed by atoms with Gasteiger partial charge in [0.15, 0.2) is 5.82 Å². The van der Waals surface area contributed by atoms with Gasteiger partial charge in [-0.1, -0.05) is 152 Å². The van der Waals surface area contributed by atoms with Crippen LogP contribution in [-0.4, -0.2) is 41.4 Å². The fraction of sp³-hybridized carbons (Fsp3) is 0. The van der Waals surface area contributed by atoms with Crippen LogP contribution in [-0.2, 0) is 20.2 Å². The predicted octanol–water partition coefficient (Wildman–Crippen LogP) is 2.37. The minimum Gasteiger partial charge on any atom is -0.744 e. The van der Waals surface area contributed by atoms with Crippen molar-refractivity contribution in [3.63, 3.8) is 0 Å². The molecule has 7 rings (SSSR count). The maximum atomic E-state index is 11.3. The molecule has 0 bridgehead atoms. The van der Waals surface area contributed by atoms with E-state index in [1.807, 2.05) is 83.8 Å². The fourth-order valence-electron chi connectivity index (χ4n) is 5.06. The summed E-state index contributed by atoms with van der Waals surface area (Å²) in [6.45, 7) is 0. The van der Waals surface area contributed by atoms with Gasteiger partial charge in [-0.15, -0.1) is 10.2 Å². The van der Waals surface area contributed by atoms with Crippen LogP contribution in [0.3, 0.4) is 0 Å². The Labute approximate surface area is 365 Å². The number of aromatic nitrogens is 3. The molecule has 55 heavy (non-hydrogen) atoms. The topological polar surface area (TPSA) is 156 Å². The van der Waals surface area contributed by atoms with Gasteiger partial charge in [0.2, 0.25) is 0 Å². The molecular formula is C41H32N4Na2O6S2. The quantitative estimate of drug-likeness (QED) is 0.127. The van der Waals surface area contributed by atoms with E-state index in [4.69, 9.17) is 0 Å². The van der Waals surface area contributed by atoms with Crippen LogP contribution in [0.2, 0.25) is 0 Å². The Hall–Kier alpha value is -4.31. The Kier molecular flexibility index (Phi) is 18.3. The van der Waals surface area contributed by atoms with Crippen LogP contribution in [0.4, 0.5) is 17.2 Å². The first-order valence-corrected chi connectivity index (χ1v) is 18.9. The standard InChI is InChI=1S/C15H12N4.C14H12O6S2.C12H10.2Na/c1-3-7-13(8-4-1)19(14-9-5-2-6-10-14)15-11-12-16-18-17-15;15-21(16,17)13-8-4-7-12(14(13)22(18,19)20)10-9-11-5-2-1-3-6-11;1-3-7-11(8-4-1)12-9-5-2-6-10-12;;/h1-12H;1-10H,(H,15,16,17)(H,18,19,20);1-10H;;/q;;;2*+1/p-2. The summed E-state index contributed by atoms with van der Waals surface area (Å²) >= 11 is 0. The molecular weight excluding hydrogens is 755 g/mol. The number of hydrogen-bond donors (Lipinski definition) is 0. The molecule has 0 spiro atoms. The van der Waals surface area contributed by atoms with Crippen LogP contribution < -0.4 is 64.0 Å². The minimum absolute atomic E-state index is 0. The molecule has 14 heteroatoms. The maximum Gasteiger partial charge on any atom is 1.00 e. The zero-order chi connectivity index (χ0) is 37.5. The molecule has 0 saturated carbocycles. The summed E-state index contributed by atoms with van der Waals surface area (Å²) in [6.07, 6.45) is 4.42. The Morgan fingerprint density at radius 1 is 0.491 bits per heavy atom. The van der Waals surface area contributed by atoms with Crippen molar-refractivity contribution in [3.8, 4) is 11.1 Å². The van der Waals surface area contributed by atoms with Crippen LogP contribution >= 0.6 is 0 Å². The Balaban J connectivity index is 0.000000226. The van der Waals surface area contributed by atoms with E-state index >= 15 is 0 Å². The van der Waals surface area contributed by atoms with Crippen molar-refractivity contribution in [3.05, 3.63) is 193 Å². The van der Waals surface area contributed by atoms with Gasteiger partial charge in [0, 0.05) is 17.4 Å². The third kappa shape index (κ3) is 13.7. The predicted molar refractivity (Wildman–Crippen MR) is 204 cm³/mol. The van der Waals surface area contributed by atoms with Crippen molar-refractivity contribution in [1.82, 2.24) is 15.4 Å². The third-order valence-corrected chi connectivity index (χ3v) is 9.38. The summed E-state index contributed by atoms with van der Waals surface area (Å²) < 4.78 is 67.5. The van der Waals surface area contributed by atoms with Gasteiger partial charge in [0.1, 0.15) is 20.2 Å². The Bertz CT molecular complexity index is 2310. The Morgan fingerprint density at radius 2 is 0.945 bits per heavy atom. The number of benzene rings is 6. The first-order valence-electron chi connectivity index (χ1n) is 16.0. The average Bonchev–Trinajstić information content (AvgIpc) is 3.19. The van der Waals surface area contributed by atoms with E-state index in [9.17, 15) is 25.9 Å². The summed E-state index contributed by atoms with van der Waals surface area (Å²) in [6, 6.07) is 54.8. The molecule has 1 aromatic heterocycles. The van der Waals surface area contributed by atoms with E-state index in [0.29, 0.717) is 5.56 Å². The van der Waals surface area contributed by atoms with Gasteiger partial charge >= 0.3 is 59.1 Å². The Morgan fingerprint density at radius 3 is 1.36 bits per heavy atom. The molecule has 1 heterocycles. The van der Waals surface area contributed by atoms with Crippen LogP contribution in [0, 0.1) is 0 Å². The van der Waals surface area contributed by atoms with Gasteiger partial charge in [0.05, 0.1) is 16.0 Å². The van der Waals surface area contributed by atoms with E-state index in [1.54, 1.807) is 36.5 Å². The normalized spacial score (nSPS) is 10.7. The van der Waals surface area contributed by atoms with Gasteiger partial charge in [-0.25, -0.2) is 16.8 Å². The van der Waals surface area contributed by atoms with Crippen molar-refractivity contribution < 1.29 is 85.1 Å². The first-order chi connectivity index (χ1) is 25.6. The number of para-hydroxylation sites is 2. The summed E-state index contributed by atoms with van der Waals surface area (Å²) in [5.74, 6) is 0.743. The second-order valence-electron chi connectivity index (χ2n) is 11.0. The molecule has 266 valence electrons. The average molecular weight is 787 g/mol. The van der Waals surface area contributed by atoms with Gasteiger partial charge in [0.25, 0.3) is 0 Å². The summed E-state index contributed by atoms with van der Waals surface area (Å²) in [5.41, 5.74) is 5.18. The molecule has 0 N–H and O–H groups in total. The van der Waals surface area contributed by atoms with Gasteiger partial charge in [-0.05, 0) is 57.8 Å². The van der Waals surface area contributed by atoms with Crippen molar-refractivity contribution in [2.24, 2.45) is 0 Å². The summed E-state index contributed by atoms with van der Waals surface area (Å²) in [4.78, 5) is -0.0378. The van der Waals surface area contributed by atoms with E-state index < -0.39 is 30.0 Å². The van der Waals surface area contributed by atoms with E-state index in [0.717, 1.165) is 23.3 Å². The van der Waals surface area contributed by atoms with Gasteiger partial charge in [-0.2, -0.15) is 0 Å². The second kappa shape index (κ2) is 22.3. The molecule has 0 saturated heterocycles. The largest absolute Gasteiger partial charge is 1.00 e. The summed E-state index contributed by atoms with van der Waals surface area (Å²) in [7, 11) is -10.2. The third-order valence-electron chi connectivity index (χ3n) is 7.41. The number of rotatable bonds is 8. The van der Waals surface area contributed by atoms with Crippen molar-refractivity contribution in [1.29, 1.82) is 0 Å². The fourth-order valence-corrected chi connectivity index (χ4v) is 7.00. The molecule has 0 aliphatic rings. The van der Waals surface area contributed by atoms with Crippen LogP contribution in [0.15, 0.2) is 192 Å². The molecule has 7 aromatic rings. The first kappa shape index (κ1) is 45.1. The number of nitrogens with zero attached hydrogens (tertiary/aromatic N) is 4. The van der Waals surface area contributed by atoms with Gasteiger partial charge < -0.3 is 9.11 Å². The van der Waals surface area contributed by atoms with E-state index in [2.05, 4.69) is 63.9 Å². The van der Waals surface area contributed by atoms with E-state index in [1.165, 1.54) is 35.4 Å². The maximum absolute atomic E-state index is 11.3. The zero-order valence-electron chi connectivity index (χ0n) is 30.0.